The predicted octanol–water partition coefficient (Wildman–Crippen LogP) is 2.16. The van der Waals surface area contributed by atoms with Gasteiger partial charge in [0.05, 0.1) is 28.8 Å². The molecule has 1 aliphatic heterocycles. The van der Waals surface area contributed by atoms with Gasteiger partial charge in [-0.1, -0.05) is 6.07 Å². The number of hydrogen-bond donors (Lipinski definition) is 0. The quantitative estimate of drug-likeness (QED) is 0.832. The molecule has 0 aliphatic carbocycles. The van der Waals surface area contributed by atoms with Gasteiger partial charge in [-0.3, -0.25) is 9.59 Å². The van der Waals surface area contributed by atoms with Crippen LogP contribution in [0.15, 0.2) is 24.3 Å². The first kappa shape index (κ1) is 18.1. The third-order valence-corrected chi connectivity index (χ3v) is 5.54. The summed E-state index contributed by atoms with van der Waals surface area (Å²) in [4.78, 5) is 34.0. The number of piperazine rings is 1. The SMILES string of the molecule is Cc1nc(C)c(CC(=O)N2CCN(C(=O)c3cccc(C#N)c3)CC2)s1. The molecule has 0 atom stereocenters. The highest BCUT2D eigenvalue weighted by atomic mass is 32.1. The number of nitrogens with zero attached hydrogens (tertiary/aromatic N) is 4. The topological polar surface area (TPSA) is 77.3 Å². The molecule has 3 rings (SSSR count). The van der Waals surface area contributed by atoms with E-state index in [2.05, 4.69) is 4.98 Å². The first-order valence-electron chi connectivity index (χ1n) is 8.48. The maximum Gasteiger partial charge on any atom is 0.254 e. The van der Waals surface area contributed by atoms with E-state index >= 15 is 0 Å². The summed E-state index contributed by atoms with van der Waals surface area (Å²) >= 11 is 1.56. The van der Waals surface area contributed by atoms with Crippen molar-refractivity contribution in [3.8, 4) is 6.07 Å². The molecule has 1 aliphatic rings. The lowest BCUT2D eigenvalue weighted by atomic mass is 10.1. The zero-order valence-corrected chi connectivity index (χ0v) is 15.7. The highest BCUT2D eigenvalue weighted by Gasteiger charge is 2.25. The van der Waals surface area contributed by atoms with Gasteiger partial charge in [-0.2, -0.15) is 5.26 Å². The molecule has 0 radical (unpaired) electrons. The molecule has 2 aromatic rings. The Bertz CT molecular complexity index is 876. The number of hydrogen-bond acceptors (Lipinski definition) is 5. The first-order chi connectivity index (χ1) is 12.5. The summed E-state index contributed by atoms with van der Waals surface area (Å²) in [6.07, 6.45) is 0.371. The molecule has 1 aromatic heterocycles. The summed E-state index contributed by atoms with van der Waals surface area (Å²) in [5.74, 6) is -0.0153. The molecule has 0 N–H and O–H groups in total. The van der Waals surface area contributed by atoms with Crippen LogP contribution in [0.3, 0.4) is 0 Å². The molecule has 134 valence electrons. The Labute approximate surface area is 156 Å². The number of aryl methyl sites for hydroxylation is 2. The van der Waals surface area contributed by atoms with Crippen molar-refractivity contribution >= 4 is 23.2 Å². The van der Waals surface area contributed by atoms with Gasteiger partial charge in [-0.15, -0.1) is 11.3 Å². The monoisotopic (exact) mass is 368 g/mol. The van der Waals surface area contributed by atoms with E-state index in [4.69, 9.17) is 5.26 Å². The summed E-state index contributed by atoms with van der Waals surface area (Å²) in [6.45, 7) is 5.93. The third-order valence-electron chi connectivity index (χ3n) is 4.47. The molecule has 1 aromatic carbocycles. The van der Waals surface area contributed by atoms with E-state index in [9.17, 15) is 9.59 Å². The van der Waals surface area contributed by atoms with Crippen molar-refractivity contribution in [1.82, 2.24) is 14.8 Å². The highest BCUT2D eigenvalue weighted by Crippen LogP contribution is 2.19. The minimum atomic E-state index is -0.0943. The van der Waals surface area contributed by atoms with Crippen LogP contribution in [0.5, 0.6) is 0 Å². The Hall–Kier alpha value is -2.72. The summed E-state index contributed by atoms with van der Waals surface area (Å²) in [5, 5.41) is 9.94. The van der Waals surface area contributed by atoms with Gasteiger partial charge >= 0.3 is 0 Å². The van der Waals surface area contributed by atoms with Crippen molar-refractivity contribution in [2.45, 2.75) is 20.3 Å². The van der Waals surface area contributed by atoms with Crippen molar-refractivity contribution in [1.29, 1.82) is 5.26 Å². The van der Waals surface area contributed by atoms with Crippen molar-refractivity contribution in [3.05, 3.63) is 51.0 Å². The minimum absolute atomic E-state index is 0.0790. The maximum atomic E-state index is 12.6. The number of rotatable bonds is 3. The zero-order valence-electron chi connectivity index (χ0n) is 14.9. The van der Waals surface area contributed by atoms with E-state index in [0.717, 1.165) is 15.6 Å². The van der Waals surface area contributed by atoms with E-state index < -0.39 is 0 Å². The molecule has 1 saturated heterocycles. The summed E-state index contributed by atoms with van der Waals surface area (Å²) in [6, 6.07) is 8.76. The number of aromatic nitrogens is 1. The van der Waals surface area contributed by atoms with Crippen LogP contribution in [-0.2, 0) is 11.2 Å². The summed E-state index contributed by atoms with van der Waals surface area (Å²) in [5.41, 5.74) is 1.91. The lowest BCUT2D eigenvalue weighted by Gasteiger charge is -2.34. The molecule has 6 nitrogen and oxygen atoms in total. The number of carbonyl (C=O) groups excluding carboxylic acids is 2. The van der Waals surface area contributed by atoms with Gasteiger partial charge in [0.25, 0.3) is 5.91 Å². The average Bonchev–Trinajstić information content (AvgIpc) is 2.98. The van der Waals surface area contributed by atoms with E-state index in [1.54, 1.807) is 40.5 Å². The van der Waals surface area contributed by atoms with Gasteiger partial charge < -0.3 is 9.80 Å². The van der Waals surface area contributed by atoms with Gasteiger partial charge in [0.2, 0.25) is 5.91 Å². The number of carbonyl (C=O) groups is 2. The standard InChI is InChI=1S/C19H20N4O2S/c1-13-17(26-14(2)21-13)11-18(24)22-6-8-23(9-7-22)19(25)16-5-3-4-15(10-16)12-20/h3-5,10H,6-9,11H2,1-2H3. The predicted molar refractivity (Wildman–Crippen MR) is 98.9 cm³/mol. The van der Waals surface area contributed by atoms with Crippen LogP contribution in [0.4, 0.5) is 0 Å². The second-order valence-corrected chi connectivity index (χ2v) is 7.57. The minimum Gasteiger partial charge on any atom is -0.339 e. The van der Waals surface area contributed by atoms with E-state index in [0.29, 0.717) is 43.7 Å². The Balaban J connectivity index is 1.58. The van der Waals surface area contributed by atoms with Gasteiger partial charge in [0.15, 0.2) is 0 Å². The first-order valence-corrected chi connectivity index (χ1v) is 9.29. The molecule has 1 fully saturated rings. The number of benzene rings is 1. The summed E-state index contributed by atoms with van der Waals surface area (Å²) in [7, 11) is 0. The van der Waals surface area contributed by atoms with Crippen molar-refractivity contribution in [2.24, 2.45) is 0 Å². The van der Waals surface area contributed by atoms with Gasteiger partial charge in [0.1, 0.15) is 0 Å². The number of amides is 2. The Kier molecular flexibility index (Phi) is 5.33. The molecule has 2 heterocycles. The lowest BCUT2D eigenvalue weighted by molar-refractivity contribution is -0.131. The molecular weight excluding hydrogens is 348 g/mol. The van der Waals surface area contributed by atoms with E-state index in [-0.39, 0.29) is 11.8 Å². The largest absolute Gasteiger partial charge is 0.339 e. The fraction of sp³-hybridized carbons (Fsp3) is 0.368. The number of thiazole rings is 1. The molecule has 0 spiro atoms. The molecule has 0 saturated carbocycles. The molecule has 7 heteroatoms. The Morgan fingerprint density at radius 2 is 1.88 bits per heavy atom. The van der Waals surface area contributed by atoms with Crippen molar-refractivity contribution in [3.63, 3.8) is 0 Å². The van der Waals surface area contributed by atoms with Gasteiger partial charge in [0, 0.05) is 36.6 Å². The maximum absolute atomic E-state index is 12.6. The third kappa shape index (κ3) is 3.92. The molecule has 26 heavy (non-hydrogen) atoms. The van der Waals surface area contributed by atoms with Gasteiger partial charge in [-0.05, 0) is 32.0 Å². The van der Waals surface area contributed by atoms with E-state index in [1.807, 2.05) is 24.8 Å². The molecule has 0 bridgehead atoms. The van der Waals surface area contributed by atoms with Crippen LogP contribution in [0, 0.1) is 25.2 Å². The average molecular weight is 368 g/mol. The van der Waals surface area contributed by atoms with Crippen molar-refractivity contribution < 1.29 is 9.59 Å². The van der Waals surface area contributed by atoms with Crippen LogP contribution < -0.4 is 0 Å². The van der Waals surface area contributed by atoms with Gasteiger partial charge in [-0.25, -0.2) is 4.98 Å². The number of nitriles is 1. The fourth-order valence-electron chi connectivity index (χ4n) is 3.05. The second-order valence-electron chi connectivity index (χ2n) is 6.28. The molecule has 0 unspecified atom stereocenters. The Morgan fingerprint density at radius 1 is 1.19 bits per heavy atom. The van der Waals surface area contributed by atoms with Crippen LogP contribution in [-0.4, -0.2) is 52.8 Å². The molecular formula is C19H20N4O2S. The lowest BCUT2D eigenvalue weighted by Crippen LogP contribution is -2.51. The van der Waals surface area contributed by atoms with Crippen LogP contribution in [0.25, 0.3) is 0 Å². The Morgan fingerprint density at radius 3 is 2.50 bits per heavy atom. The van der Waals surface area contributed by atoms with Crippen LogP contribution >= 0.6 is 11.3 Å². The molecule has 2 amide bonds. The second kappa shape index (κ2) is 7.67. The summed E-state index contributed by atoms with van der Waals surface area (Å²) < 4.78 is 0. The van der Waals surface area contributed by atoms with Crippen molar-refractivity contribution in [2.75, 3.05) is 26.2 Å². The normalized spacial score (nSPS) is 14.2. The highest BCUT2D eigenvalue weighted by molar-refractivity contribution is 7.11. The fourth-order valence-corrected chi connectivity index (χ4v) is 3.98. The zero-order chi connectivity index (χ0) is 18.7. The van der Waals surface area contributed by atoms with E-state index in [1.165, 1.54) is 0 Å². The van der Waals surface area contributed by atoms with Crippen LogP contribution in [0.2, 0.25) is 0 Å². The van der Waals surface area contributed by atoms with Crippen LogP contribution in [0.1, 0.15) is 31.5 Å². The smallest absolute Gasteiger partial charge is 0.254 e.